The van der Waals surface area contributed by atoms with E-state index in [1.54, 1.807) is 0 Å². The average molecular weight is 431 g/mol. The van der Waals surface area contributed by atoms with Crippen molar-refractivity contribution in [3.8, 4) is 0 Å². The molecule has 0 atom stereocenters. The number of nitrogens with one attached hydrogen (secondary N) is 2. The molecule has 7 heteroatoms. The Bertz CT molecular complexity index is 704. The second-order valence-electron chi connectivity index (χ2n) is 8.34. The molecule has 0 radical (unpaired) electrons. The lowest BCUT2D eigenvalue weighted by molar-refractivity contribution is -0.128. The van der Waals surface area contributed by atoms with Gasteiger partial charge in [-0.15, -0.1) is 0 Å². The van der Waals surface area contributed by atoms with Gasteiger partial charge in [0.2, 0.25) is 5.91 Å². The molecule has 2 N–H and O–H groups in total. The van der Waals surface area contributed by atoms with E-state index >= 15 is 0 Å². The minimum atomic E-state index is 0.263. The number of carbonyl (C=O) groups is 1. The number of hydrogen-bond donors (Lipinski definition) is 2. The molecule has 0 saturated carbocycles. The quantitative estimate of drug-likeness (QED) is 0.321. The fraction of sp³-hybridized carbons (Fsp3) is 0.667. The summed E-state index contributed by atoms with van der Waals surface area (Å²) in [6.45, 7) is 9.25. The van der Waals surface area contributed by atoms with Crippen LogP contribution in [0.5, 0.6) is 0 Å². The van der Waals surface area contributed by atoms with E-state index in [4.69, 9.17) is 14.5 Å². The first kappa shape index (κ1) is 23.5. The molecule has 0 spiro atoms. The summed E-state index contributed by atoms with van der Waals surface area (Å²) in [5, 5.41) is 6.70. The van der Waals surface area contributed by atoms with Crippen molar-refractivity contribution < 1.29 is 14.3 Å². The van der Waals surface area contributed by atoms with Crippen LogP contribution >= 0.6 is 0 Å². The zero-order valence-electron chi connectivity index (χ0n) is 18.9. The highest BCUT2D eigenvalue weighted by Crippen LogP contribution is 2.16. The fourth-order valence-electron chi connectivity index (χ4n) is 3.97. The molecule has 3 rings (SSSR count). The molecule has 2 saturated heterocycles. The summed E-state index contributed by atoms with van der Waals surface area (Å²) in [5.74, 6) is 1.74. The van der Waals surface area contributed by atoms with Crippen LogP contribution in [0.2, 0.25) is 0 Å². The van der Waals surface area contributed by atoms with Crippen molar-refractivity contribution in [2.24, 2.45) is 10.9 Å². The normalized spacial score (nSPS) is 17.9. The average Bonchev–Trinajstić information content (AvgIpc) is 3.19. The highest BCUT2D eigenvalue weighted by atomic mass is 16.5. The SMILES string of the molecule is CCNC(=NCc1cccc(CN2CCCC2=O)c1)NCCCOCC1CCOCC1. The Morgan fingerprint density at radius 1 is 1.26 bits per heavy atom. The van der Waals surface area contributed by atoms with Gasteiger partial charge in [0.1, 0.15) is 0 Å². The lowest BCUT2D eigenvalue weighted by Gasteiger charge is -2.21. The minimum Gasteiger partial charge on any atom is -0.381 e. The molecule has 1 amide bonds. The number of likely N-dealkylation sites (tertiary alicyclic amines) is 1. The van der Waals surface area contributed by atoms with Crippen LogP contribution in [-0.4, -0.2) is 62.8 Å². The van der Waals surface area contributed by atoms with Crippen LogP contribution in [0.3, 0.4) is 0 Å². The number of aliphatic imine (C=N–C) groups is 1. The lowest BCUT2D eigenvalue weighted by Crippen LogP contribution is -2.38. The molecule has 0 unspecified atom stereocenters. The van der Waals surface area contributed by atoms with Crippen LogP contribution in [0.15, 0.2) is 29.3 Å². The van der Waals surface area contributed by atoms with Gasteiger partial charge in [-0.3, -0.25) is 4.79 Å². The Morgan fingerprint density at radius 3 is 2.87 bits per heavy atom. The van der Waals surface area contributed by atoms with Crippen LogP contribution in [0.25, 0.3) is 0 Å². The Labute approximate surface area is 186 Å². The van der Waals surface area contributed by atoms with Gasteiger partial charge in [-0.1, -0.05) is 24.3 Å². The Balaban J connectivity index is 1.38. The van der Waals surface area contributed by atoms with E-state index in [0.717, 1.165) is 83.3 Å². The molecule has 172 valence electrons. The Hall–Kier alpha value is -2.12. The van der Waals surface area contributed by atoms with Gasteiger partial charge in [-0.05, 0) is 49.7 Å². The zero-order chi connectivity index (χ0) is 21.7. The van der Waals surface area contributed by atoms with Gasteiger partial charge >= 0.3 is 0 Å². The van der Waals surface area contributed by atoms with Crippen molar-refractivity contribution in [2.45, 2.75) is 52.1 Å². The predicted octanol–water partition coefficient (Wildman–Crippen LogP) is 2.70. The molecule has 2 fully saturated rings. The number of ether oxygens (including phenoxy) is 2. The third-order valence-electron chi connectivity index (χ3n) is 5.75. The van der Waals surface area contributed by atoms with Crippen molar-refractivity contribution in [3.05, 3.63) is 35.4 Å². The molecule has 1 aromatic carbocycles. The lowest BCUT2D eigenvalue weighted by atomic mass is 10.0. The monoisotopic (exact) mass is 430 g/mol. The van der Waals surface area contributed by atoms with Crippen molar-refractivity contribution in [3.63, 3.8) is 0 Å². The first-order valence-corrected chi connectivity index (χ1v) is 11.8. The maximum Gasteiger partial charge on any atom is 0.222 e. The van der Waals surface area contributed by atoms with Crippen LogP contribution in [0, 0.1) is 5.92 Å². The van der Waals surface area contributed by atoms with Crippen LogP contribution in [-0.2, 0) is 27.4 Å². The van der Waals surface area contributed by atoms with Gasteiger partial charge in [0.25, 0.3) is 0 Å². The van der Waals surface area contributed by atoms with Gasteiger partial charge < -0.3 is 25.0 Å². The van der Waals surface area contributed by atoms with Crippen molar-refractivity contribution >= 4 is 11.9 Å². The summed E-state index contributed by atoms with van der Waals surface area (Å²) in [4.78, 5) is 18.5. The zero-order valence-corrected chi connectivity index (χ0v) is 18.9. The maximum absolute atomic E-state index is 11.9. The van der Waals surface area contributed by atoms with Crippen molar-refractivity contribution in [1.82, 2.24) is 15.5 Å². The molecule has 1 aromatic rings. The third-order valence-corrected chi connectivity index (χ3v) is 5.75. The Morgan fingerprint density at radius 2 is 2.10 bits per heavy atom. The summed E-state index contributed by atoms with van der Waals surface area (Å²) < 4.78 is 11.2. The van der Waals surface area contributed by atoms with Crippen molar-refractivity contribution in [1.29, 1.82) is 0 Å². The standard InChI is InChI=1S/C24H38N4O3/c1-2-25-24(26-11-5-13-31-19-20-9-14-30-15-10-20)27-17-21-6-3-7-22(16-21)18-28-12-4-8-23(28)29/h3,6-7,16,20H,2,4-5,8-15,17-19H2,1H3,(H2,25,26,27). The van der Waals surface area contributed by atoms with E-state index in [0.29, 0.717) is 25.4 Å². The molecule has 31 heavy (non-hydrogen) atoms. The number of amides is 1. The largest absolute Gasteiger partial charge is 0.381 e. The smallest absolute Gasteiger partial charge is 0.222 e. The van der Waals surface area contributed by atoms with Gasteiger partial charge in [-0.25, -0.2) is 4.99 Å². The molecular formula is C24H38N4O3. The number of rotatable bonds is 11. The third kappa shape index (κ3) is 8.50. The van der Waals surface area contributed by atoms with Crippen LogP contribution in [0.4, 0.5) is 0 Å². The fourth-order valence-corrected chi connectivity index (χ4v) is 3.97. The second kappa shape index (κ2) is 13.3. The van der Waals surface area contributed by atoms with E-state index in [1.807, 2.05) is 4.90 Å². The van der Waals surface area contributed by atoms with E-state index in [9.17, 15) is 4.79 Å². The van der Waals surface area contributed by atoms with E-state index < -0.39 is 0 Å². The van der Waals surface area contributed by atoms with Gasteiger partial charge in [0.05, 0.1) is 6.54 Å². The summed E-state index contributed by atoms with van der Waals surface area (Å²) >= 11 is 0. The molecule has 0 aliphatic carbocycles. The van der Waals surface area contributed by atoms with Gasteiger partial charge in [-0.2, -0.15) is 0 Å². The first-order valence-electron chi connectivity index (χ1n) is 11.8. The molecule has 0 bridgehead atoms. The second-order valence-corrected chi connectivity index (χ2v) is 8.34. The first-order chi connectivity index (χ1) is 15.2. The number of nitrogens with zero attached hydrogens (tertiary/aromatic N) is 2. The Kier molecular flexibility index (Phi) is 10.1. The summed E-state index contributed by atoms with van der Waals surface area (Å²) in [6, 6.07) is 8.38. The van der Waals surface area contributed by atoms with E-state index in [1.165, 1.54) is 5.56 Å². The van der Waals surface area contributed by atoms with Gasteiger partial charge in [0, 0.05) is 59.0 Å². The summed E-state index contributed by atoms with van der Waals surface area (Å²) in [6.07, 6.45) is 4.84. The maximum atomic E-state index is 11.9. The highest BCUT2D eigenvalue weighted by Gasteiger charge is 2.19. The van der Waals surface area contributed by atoms with Crippen molar-refractivity contribution in [2.75, 3.05) is 46.1 Å². The van der Waals surface area contributed by atoms with E-state index in [-0.39, 0.29) is 5.91 Å². The van der Waals surface area contributed by atoms with Gasteiger partial charge in [0.15, 0.2) is 5.96 Å². The van der Waals surface area contributed by atoms with Crippen LogP contribution < -0.4 is 10.6 Å². The minimum absolute atomic E-state index is 0.263. The molecule has 2 aliphatic rings. The number of carbonyl (C=O) groups excluding carboxylic acids is 1. The number of hydrogen-bond acceptors (Lipinski definition) is 4. The molecule has 0 aromatic heterocycles. The summed E-state index contributed by atoms with van der Waals surface area (Å²) in [5.41, 5.74) is 2.32. The highest BCUT2D eigenvalue weighted by molar-refractivity contribution is 5.79. The molecular weight excluding hydrogens is 392 g/mol. The summed E-state index contributed by atoms with van der Waals surface area (Å²) in [7, 11) is 0. The topological polar surface area (TPSA) is 75.2 Å². The molecule has 7 nitrogen and oxygen atoms in total. The molecule has 2 aliphatic heterocycles. The van der Waals surface area contributed by atoms with Crippen LogP contribution in [0.1, 0.15) is 50.2 Å². The molecule has 2 heterocycles. The number of benzene rings is 1. The predicted molar refractivity (Wildman–Crippen MR) is 123 cm³/mol. The van der Waals surface area contributed by atoms with E-state index in [2.05, 4.69) is 41.8 Å². The number of guanidine groups is 1.